The Morgan fingerprint density at radius 2 is 2.18 bits per heavy atom. The van der Waals surface area contributed by atoms with Gasteiger partial charge in [-0.2, -0.15) is 0 Å². The monoisotopic (exact) mass is 317 g/mol. The summed E-state index contributed by atoms with van der Waals surface area (Å²) in [6.07, 6.45) is 3.94. The maximum absolute atomic E-state index is 11.9. The van der Waals surface area contributed by atoms with Crippen molar-refractivity contribution in [2.45, 2.75) is 13.3 Å². The van der Waals surface area contributed by atoms with Crippen LogP contribution in [0.1, 0.15) is 21.8 Å². The SMILES string of the molecule is Cc1nc2cc(CCNC(=O)c3cccnc3)ccc2o1.Cl. The topological polar surface area (TPSA) is 68.0 Å². The van der Waals surface area contributed by atoms with Crippen molar-refractivity contribution in [2.24, 2.45) is 0 Å². The van der Waals surface area contributed by atoms with E-state index in [2.05, 4.69) is 15.3 Å². The zero-order chi connectivity index (χ0) is 14.7. The lowest BCUT2D eigenvalue weighted by atomic mass is 10.1. The second kappa shape index (κ2) is 7.04. The molecule has 0 spiro atoms. The molecule has 3 rings (SSSR count). The summed E-state index contributed by atoms with van der Waals surface area (Å²) in [6, 6.07) is 9.38. The van der Waals surface area contributed by atoms with Gasteiger partial charge >= 0.3 is 0 Å². The third kappa shape index (κ3) is 3.62. The first-order valence-corrected chi connectivity index (χ1v) is 6.77. The quantitative estimate of drug-likeness (QED) is 0.803. The number of hydrogen-bond acceptors (Lipinski definition) is 4. The minimum absolute atomic E-state index is 0. The molecule has 22 heavy (non-hydrogen) atoms. The molecule has 2 aromatic heterocycles. The number of pyridine rings is 1. The first kappa shape index (κ1) is 16.0. The Morgan fingerprint density at radius 1 is 1.32 bits per heavy atom. The van der Waals surface area contributed by atoms with Crippen molar-refractivity contribution in [3.8, 4) is 0 Å². The average Bonchev–Trinajstić information content (AvgIpc) is 2.87. The van der Waals surface area contributed by atoms with Crippen LogP contribution in [0.2, 0.25) is 0 Å². The predicted molar refractivity (Wildman–Crippen MR) is 86.3 cm³/mol. The van der Waals surface area contributed by atoms with Gasteiger partial charge in [-0.05, 0) is 36.2 Å². The minimum atomic E-state index is -0.110. The van der Waals surface area contributed by atoms with E-state index in [-0.39, 0.29) is 18.3 Å². The molecule has 0 unspecified atom stereocenters. The van der Waals surface area contributed by atoms with Crippen LogP contribution in [0.5, 0.6) is 0 Å². The Labute approximate surface area is 134 Å². The van der Waals surface area contributed by atoms with Crippen molar-refractivity contribution in [1.82, 2.24) is 15.3 Å². The molecule has 1 amide bonds. The number of nitrogens with zero attached hydrogens (tertiary/aromatic N) is 2. The summed E-state index contributed by atoms with van der Waals surface area (Å²) < 4.78 is 5.44. The summed E-state index contributed by atoms with van der Waals surface area (Å²) in [5.41, 5.74) is 3.32. The van der Waals surface area contributed by atoms with Crippen LogP contribution in [0.3, 0.4) is 0 Å². The van der Waals surface area contributed by atoms with E-state index in [1.54, 1.807) is 24.5 Å². The highest BCUT2D eigenvalue weighted by Gasteiger charge is 2.06. The van der Waals surface area contributed by atoms with Crippen LogP contribution in [0, 0.1) is 6.92 Å². The second-order valence-corrected chi connectivity index (χ2v) is 4.78. The number of carbonyl (C=O) groups excluding carboxylic acids is 1. The van der Waals surface area contributed by atoms with Crippen molar-refractivity contribution >= 4 is 29.4 Å². The number of fused-ring (bicyclic) bond motifs is 1. The number of aryl methyl sites for hydroxylation is 1. The third-order valence-electron chi connectivity index (χ3n) is 3.18. The molecule has 0 fully saturated rings. The Morgan fingerprint density at radius 3 is 2.95 bits per heavy atom. The highest BCUT2D eigenvalue weighted by atomic mass is 35.5. The number of oxazole rings is 1. The van der Waals surface area contributed by atoms with Gasteiger partial charge in [-0.15, -0.1) is 12.4 Å². The zero-order valence-electron chi connectivity index (χ0n) is 12.1. The zero-order valence-corrected chi connectivity index (χ0v) is 12.9. The first-order chi connectivity index (χ1) is 10.2. The van der Waals surface area contributed by atoms with Gasteiger partial charge in [0.25, 0.3) is 5.91 Å². The van der Waals surface area contributed by atoms with E-state index in [1.807, 2.05) is 25.1 Å². The van der Waals surface area contributed by atoms with Gasteiger partial charge in [0, 0.05) is 25.9 Å². The number of aromatic nitrogens is 2. The number of amides is 1. The fourth-order valence-corrected chi connectivity index (χ4v) is 2.16. The van der Waals surface area contributed by atoms with Crippen molar-refractivity contribution in [3.05, 3.63) is 59.7 Å². The van der Waals surface area contributed by atoms with E-state index in [1.165, 1.54) is 0 Å². The molecule has 2 heterocycles. The van der Waals surface area contributed by atoms with Gasteiger partial charge in [-0.25, -0.2) is 4.98 Å². The van der Waals surface area contributed by atoms with Crippen LogP contribution in [-0.2, 0) is 6.42 Å². The lowest BCUT2D eigenvalue weighted by Gasteiger charge is -2.05. The van der Waals surface area contributed by atoms with E-state index in [9.17, 15) is 4.79 Å². The molecule has 3 aromatic rings. The molecule has 0 radical (unpaired) electrons. The number of benzene rings is 1. The summed E-state index contributed by atoms with van der Waals surface area (Å²) in [5, 5.41) is 2.88. The van der Waals surface area contributed by atoms with E-state index >= 15 is 0 Å². The molecule has 0 bridgehead atoms. The van der Waals surface area contributed by atoms with Crippen LogP contribution < -0.4 is 5.32 Å². The van der Waals surface area contributed by atoms with Crippen molar-refractivity contribution < 1.29 is 9.21 Å². The standard InChI is InChI=1S/C16H15N3O2.ClH/c1-11-19-14-9-12(4-5-15(14)21-11)6-8-18-16(20)13-3-2-7-17-10-13;/h2-5,7,9-10H,6,8H2,1H3,(H,18,20);1H. The van der Waals surface area contributed by atoms with Gasteiger partial charge in [-0.3, -0.25) is 9.78 Å². The lowest BCUT2D eigenvalue weighted by Crippen LogP contribution is -2.25. The summed E-state index contributed by atoms with van der Waals surface area (Å²) in [6.45, 7) is 2.39. The van der Waals surface area contributed by atoms with Crippen LogP contribution in [0.15, 0.2) is 47.1 Å². The summed E-state index contributed by atoms with van der Waals surface area (Å²) in [7, 11) is 0. The summed E-state index contributed by atoms with van der Waals surface area (Å²) in [5.74, 6) is 0.550. The lowest BCUT2D eigenvalue weighted by molar-refractivity contribution is 0.0954. The van der Waals surface area contributed by atoms with Crippen molar-refractivity contribution in [2.75, 3.05) is 6.54 Å². The first-order valence-electron chi connectivity index (χ1n) is 6.77. The Kier molecular flexibility index (Phi) is 5.12. The molecule has 1 aromatic carbocycles. The number of carbonyl (C=O) groups is 1. The van der Waals surface area contributed by atoms with Gasteiger partial charge in [-0.1, -0.05) is 6.07 Å². The van der Waals surface area contributed by atoms with E-state index in [0.29, 0.717) is 18.0 Å². The predicted octanol–water partition coefficient (Wildman–Crippen LogP) is 2.93. The van der Waals surface area contributed by atoms with E-state index in [0.717, 1.165) is 23.1 Å². The van der Waals surface area contributed by atoms with Crippen LogP contribution in [0.4, 0.5) is 0 Å². The maximum atomic E-state index is 11.9. The minimum Gasteiger partial charge on any atom is -0.441 e. The van der Waals surface area contributed by atoms with Gasteiger partial charge in [0.15, 0.2) is 11.5 Å². The van der Waals surface area contributed by atoms with Crippen LogP contribution >= 0.6 is 12.4 Å². The van der Waals surface area contributed by atoms with E-state index in [4.69, 9.17) is 4.42 Å². The van der Waals surface area contributed by atoms with Gasteiger partial charge < -0.3 is 9.73 Å². The highest BCUT2D eigenvalue weighted by Crippen LogP contribution is 2.16. The average molecular weight is 318 g/mol. The molecular formula is C16H16ClN3O2. The summed E-state index contributed by atoms with van der Waals surface area (Å²) >= 11 is 0. The Bertz CT molecular complexity index is 771. The van der Waals surface area contributed by atoms with Crippen molar-refractivity contribution in [1.29, 1.82) is 0 Å². The molecule has 0 aliphatic heterocycles. The van der Waals surface area contributed by atoms with Gasteiger partial charge in [0.1, 0.15) is 5.52 Å². The molecule has 114 valence electrons. The maximum Gasteiger partial charge on any atom is 0.252 e. The second-order valence-electron chi connectivity index (χ2n) is 4.78. The Balaban J connectivity index is 0.00000176. The summed E-state index contributed by atoms with van der Waals surface area (Å²) in [4.78, 5) is 20.1. The number of halogens is 1. The van der Waals surface area contributed by atoms with E-state index < -0.39 is 0 Å². The molecule has 6 heteroatoms. The molecule has 0 saturated carbocycles. The van der Waals surface area contributed by atoms with Crippen LogP contribution in [0.25, 0.3) is 11.1 Å². The molecule has 0 aliphatic rings. The number of nitrogens with one attached hydrogen (secondary N) is 1. The van der Waals surface area contributed by atoms with Gasteiger partial charge in [0.2, 0.25) is 0 Å². The Hall–Kier alpha value is -2.40. The fourth-order valence-electron chi connectivity index (χ4n) is 2.16. The molecule has 0 atom stereocenters. The molecule has 5 nitrogen and oxygen atoms in total. The molecular weight excluding hydrogens is 302 g/mol. The fraction of sp³-hybridized carbons (Fsp3) is 0.188. The third-order valence-corrected chi connectivity index (χ3v) is 3.18. The smallest absolute Gasteiger partial charge is 0.252 e. The number of hydrogen-bond donors (Lipinski definition) is 1. The molecule has 0 saturated heterocycles. The molecule has 1 N–H and O–H groups in total. The molecule has 0 aliphatic carbocycles. The largest absolute Gasteiger partial charge is 0.441 e. The van der Waals surface area contributed by atoms with Crippen molar-refractivity contribution in [3.63, 3.8) is 0 Å². The van der Waals surface area contributed by atoms with Gasteiger partial charge in [0.05, 0.1) is 5.56 Å². The highest BCUT2D eigenvalue weighted by molar-refractivity contribution is 5.93. The normalized spacial score (nSPS) is 10.2. The van der Waals surface area contributed by atoms with Crippen LogP contribution in [-0.4, -0.2) is 22.4 Å². The number of rotatable bonds is 4.